The molecule has 2 aliphatic heterocycles. The maximum absolute atomic E-state index is 14.3. The summed E-state index contributed by atoms with van der Waals surface area (Å²) in [6, 6.07) is 32.2. The zero-order chi connectivity index (χ0) is 48.6. The number of carbonyl (C=O) groups excluding carboxylic acids is 1. The summed E-state index contributed by atoms with van der Waals surface area (Å²) in [6.45, 7) is 1.97. The molecule has 0 saturated carbocycles. The molecule has 5 aromatic carbocycles. The summed E-state index contributed by atoms with van der Waals surface area (Å²) >= 11 is 7.51. The fourth-order valence-electron chi connectivity index (χ4n) is 8.87. The fourth-order valence-corrected chi connectivity index (χ4v) is 12.0. The first-order valence-corrected chi connectivity index (χ1v) is 26.6. The van der Waals surface area contributed by atoms with E-state index in [2.05, 4.69) is 15.1 Å². The van der Waals surface area contributed by atoms with Crippen molar-refractivity contribution in [2.45, 2.75) is 83.0 Å². The number of anilines is 2. The molecule has 0 aliphatic carbocycles. The summed E-state index contributed by atoms with van der Waals surface area (Å²) in [4.78, 5) is 16.3. The van der Waals surface area contributed by atoms with Crippen molar-refractivity contribution in [3.05, 3.63) is 137 Å². The Kier molecular flexibility index (Phi) is 16.9. The SMILES string of the molecule is O=C(NS(=O)(=O)c1ccc(NC(CSc2ccccc2)C[C@@H]2CCCN2CCC(O)CO)c(S(=O)(=O)C(F)(F)F)c1)c1ccc(N2CCC(C(O)c3ccccc3-c3ccc(Cl)cc3)CC2)cc1. The van der Waals surface area contributed by atoms with Crippen LogP contribution in [0.4, 0.5) is 24.5 Å². The van der Waals surface area contributed by atoms with Crippen LogP contribution in [0, 0.1) is 5.92 Å². The third-order valence-electron chi connectivity index (χ3n) is 12.6. The van der Waals surface area contributed by atoms with Crippen molar-refractivity contribution >= 4 is 60.5 Å². The van der Waals surface area contributed by atoms with Gasteiger partial charge in [-0.1, -0.05) is 66.2 Å². The van der Waals surface area contributed by atoms with E-state index in [1.165, 1.54) is 23.9 Å². The maximum Gasteiger partial charge on any atom is 0.501 e. The molecule has 12 nitrogen and oxygen atoms in total. The number of alkyl halides is 3. The first-order valence-electron chi connectivity index (χ1n) is 22.3. The standard InChI is InChI=1S/C49H54ClF3N4O8S3/c50-36-16-12-33(13-17-36)43-10-4-5-11-44(43)47(60)34-22-26-57(27-23-34)38-18-14-35(15-19-38)48(61)55-68(64,65)42-20-21-45(46(30-42)67(62,63)49(51,52)53)54-37(32-66-41-8-2-1-3-9-41)29-39-7-6-25-56(39)28-24-40(59)31-58/h1-5,8-21,30,34,37,39-40,47,54,58-60H,6-7,22-29,31-32H2,(H,55,61)/t37?,39-,40?,47?/m0/s1. The van der Waals surface area contributed by atoms with Gasteiger partial charge in [-0.3, -0.25) is 4.79 Å². The molecule has 0 radical (unpaired) electrons. The molecule has 2 aliphatic rings. The Morgan fingerprint density at radius 2 is 1.51 bits per heavy atom. The first-order chi connectivity index (χ1) is 32.4. The zero-order valence-electron chi connectivity index (χ0n) is 36.9. The monoisotopic (exact) mass is 1010 g/mol. The van der Waals surface area contributed by atoms with Gasteiger partial charge in [0, 0.05) is 58.6 Å². The van der Waals surface area contributed by atoms with Gasteiger partial charge in [-0.05, 0) is 134 Å². The second kappa shape index (κ2) is 22.4. The number of nitrogens with one attached hydrogen (secondary N) is 2. The predicted octanol–water partition coefficient (Wildman–Crippen LogP) is 8.54. The van der Waals surface area contributed by atoms with Gasteiger partial charge in [-0.2, -0.15) is 13.2 Å². The van der Waals surface area contributed by atoms with Crippen molar-refractivity contribution in [3.8, 4) is 11.1 Å². The molecule has 2 saturated heterocycles. The van der Waals surface area contributed by atoms with E-state index >= 15 is 0 Å². The number of carbonyl (C=O) groups is 1. The van der Waals surface area contributed by atoms with Gasteiger partial charge in [0.15, 0.2) is 0 Å². The van der Waals surface area contributed by atoms with Crippen LogP contribution in [0.15, 0.2) is 136 Å². The number of sulfone groups is 1. The van der Waals surface area contributed by atoms with Gasteiger partial charge < -0.3 is 30.4 Å². The van der Waals surface area contributed by atoms with Crippen molar-refractivity contribution in [3.63, 3.8) is 0 Å². The third-order valence-corrected chi connectivity index (χ3v) is 16.9. The van der Waals surface area contributed by atoms with Crippen LogP contribution >= 0.6 is 23.4 Å². The van der Waals surface area contributed by atoms with Gasteiger partial charge in [0.1, 0.15) is 4.90 Å². The van der Waals surface area contributed by atoms with Gasteiger partial charge in [0.05, 0.1) is 29.4 Å². The molecular formula is C49H54ClF3N4O8S3. The Balaban J connectivity index is 1.04. The normalized spacial score (nSPS) is 17.7. The number of thioether (sulfide) groups is 1. The van der Waals surface area contributed by atoms with E-state index < -0.39 is 71.6 Å². The van der Waals surface area contributed by atoms with E-state index in [1.807, 2.05) is 83.6 Å². The van der Waals surface area contributed by atoms with Crippen molar-refractivity contribution in [1.82, 2.24) is 9.62 Å². The molecule has 0 spiro atoms. The number of sulfonamides is 1. The number of piperidine rings is 1. The van der Waals surface area contributed by atoms with Crippen LogP contribution in [0.5, 0.6) is 0 Å². The highest BCUT2D eigenvalue weighted by atomic mass is 35.5. The van der Waals surface area contributed by atoms with E-state index in [1.54, 1.807) is 12.1 Å². The number of hydrogen-bond acceptors (Lipinski definition) is 12. The average Bonchev–Trinajstić information content (AvgIpc) is 3.78. The van der Waals surface area contributed by atoms with E-state index in [0.717, 1.165) is 52.2 Å². The summed E-state index contributed by atoms with van der Waals surface area (Å²) < 4.78 is 98.4. The van der Waals surface area contributed by atoms with E-state index in [-0.39, 0.29) is 17.5 Å². The Hall–Kier alpha value is -4.66. The number of likely N-dealkylation sites (tertiary alicyclic amines) is 1. The minimum atomic E-state index is -6.13. The molecular weight excluding hydrogens is 961 g/mol. The van der Waals surface area contributed by atoms with Crippen molar-refractivity contribution in [2.24, 2.45) is 5.92 Å². The predicted molar refractivity (Wildman–Crippen MR) is 259 cm³/mol. The van der Waals surface area contributed by atoms with Crippen molar-refractivity contribution in [2.75, 3.05) is 48.8 Å². The zero-order valence-corrected chi connectivity index (χ0v) is 40.1. The molecule has 3 unspecified atom stereocenters. The lowest BCUT2D eigenvalue weighted by Gasteiger charge is -2.36. The molecule has 68 heavy (non-hydrogen) atoms. The lowest BCUT2D eigenvalue weighted by Crippen LogP contribution is -2.38. The van der Waals surface area contributed by atoms with Gasteiger partial charge >= 0.3 is 5.51 Å². The fraction of sp³-hybridized carbons (Fsp3) is 0.367. The molecule has 5 N–H and O–H groups in total. The second-order valence-electron chi connectivity index (χ2n) is 17.1. The number of rotatable bonds is 19. The van der Waals surface area contributed by atoms with Gasteiger partial charge in [0.25, 0.3) is 25.8 Å². The Bertz CT molecular complexity index is 2710. The van der Waals surface area contributed by atoms with Crippen molar-refractivity contribution < 1.29 is 50.1 Å². The lowest BCUT2D eigenvalue weighted by atomic mass is 9.84. The van der Waals surface area contributed by atoms with Gasteiger partial charge in [-0.25, -0.2) is 21.6 Å². The van der Waals surface area contributed by atoms with E-state index in [4.69, 9.17) is 11.6 Å². The summed E-state index contributed by atoms with van der Waals surface area (Å²) in [5, 5.41) is 34.4. The van der Waals surface area contributed by atoms with Crippen LogP contribution in [0.3, 0.4) is 0 Å². The van der Waals surface area contributed by atoms with Crippen molar-refractivity contribution in [1.29, 1.82) is 0 Å². The number of nitrogens with zero attached hydrogens (tertiary/aromatic N) is 2. The summed E-state index contributed by atoms with van der Waals surface area (Å²) in [5.41, 5.74) is -2.87. The number of aliphatic hydroxyl groups excluding tert-OH is 3. The Morgan fingerprint density at radius 1 is 0.838 bits per heavy atom. The molecule has 5 aromatic rings. The minimum Gasteiger partial charge on any atom is -0.394 e. The number of amides is 1. The highest BCUT2D eigenvalue weighted by Crippen LogP contribution is 2.39. The van der Waals surface area contributed by atoms with Crippen LogP contribution in [-0.4, -0.2) is 105 Å². The summed E-state index contributed by atoms with van der Waals surface area (Å²) in [7, 11) is -11.0. The molecule has 0 bridgehead atoms. The molecule has 0 aromatic heterocycles. The molecule has 364 valence electrons. The van der Waals surface area contributed by atoms with Crippen LogP contribution in [0.2, 0.25) is 5.02 Å². The highest BCUT2D eigenvalue weighted by Gasteiger charge is 2.48. The minimum absolute atomic E-state index is 0.0285. The number of aliphatic hydroxyl groups is 3. The summed E-state index contributed by atoms with van der Waals surface area (Å²) in [5.74, 6) is -0.805. The summed E-state index contributed by atoms with van der Waals surface area (Å²) in [6.07, 6.45) is 1.96. The highest BCUT2D eigenvalue weighted by molar-refractivity contribution is 7.99. The molecule has 2 heterocycles. The van der Waals surface area contributed by atoms with Crippen LogP contribution in [-0.2, 0) is 19.9 Å². The molecule has 4 atom stereocenters. The Morgan fingerprint density at radius 3 is 2.19 bits per heavy atom. The van der Waals surface area contributed by atoms with Crippen LogP contribution in [0.25, 0.3) is 11.1 Å². The first kappa shape index (κ1) is 51.2. The van der Waals surface area contributed by atoms with E-state index in [9.17, 15) is 50.1 Å². The largest absolute Gasteiger partial charge is 0.501 e. The van der Waals surface area contributed by atoms with Crippen LogP contribution < -0.4 is 14.9 Å². The Labute approximate surface area is 404 Å². The molecule has 7 rings (SSSR count). The smallest absolute Gasteiger partial charge is 0.394 e. The quantitative estimate of drug-likeness (QED) is 0.0500. The van der Waals surface area contributed by atoms with Gasteiger partial charge in [-0.15, -0.1) is 11.8 Å². The average molecular weight is 1020 g/mol. The number of halogens is 4. The third kappa shape index (κ3) is 12.6. The molecule has 1 amide bonds. The maximum atomic E-state index is 14.3. The molecule has 2 fully saturated rings. The van der Waals surface area contributed by atoms with Crippen LogP contribution in [0.1, 0.15) is 60.6 Å². The number of hydrogen-bond donors (Lipinski definition) is 5. The van der Waals surface area contributed by atoms with Gasteiger partial charge in [0.2, 0.25) is 0 Å². The number of benzene rings is 5. The van der Waals surface area contributed by atoms with E-state index in [0.29, 0.717) is 68.7 Å². The second-order valence-corrected chi connectivity index (χ2v) is 22.2. The molecule has 19 heteroatoms. The lowest BCUT2D eigenvalue weighted by molar-refractivity contribution is -0.0436. The topological polar surface area (TPSA) is 177 Å².